The summed E-state index contributed by atoms with van der Waals surface area (Å²) in [5, 5.41) is 0. The Hall–Kier alpha value is -4.77. The number of nitrogens with zero attached hydrogens (tertiary/aromatic N) is 2. The van der Waals surface area contributed by atoms with Crippen LogP contribution in [0.25, 0.3) is 4.85 Å². The third-order valence-electron chi connectivity index (χ3n) is 7.34. The summed E-state index contributed by atoms with van der Waals surface area (Å²) in [4.78, 5) is 54.5. The number of amides is 2. The molecule has 0 bridgehead atoms. The highest BCUT2D eigenvalue weighted by molar-refractivity contribution is 6.21. The van der Waals surface area contributed by atoms with Crippen LogP contribution in [-0.2, 0) is 39.3 Å². The van der Waals surface area contributed by atoms with Crippen LogP contribution < -0.4 is 0 Å². The van der Waals surface area contributed by atoms with Crippen molar-refractivity contribution in [3.63, 3.8) is 0 Å². The molecule has 0 fully saturated rings. The Bertz CT molecular complexity index is 1490. The number of carbonyl (C=O) groups excluding carboxylic acids is 4. The van der Waals surface area contributed by atoms with Crippen LogP contribution in [0.3, 0.4) is 0 Å². The number of rotatable bonds is 7. The van der Waals surface area contributed by atoms with Crippen LogP contribution in [0.1, 0.15) is 65.3 Å². The van der Waals surface area contributed by atoms with Gasteiger partial charge in [0, 0.05) is 17.7 Å². The van der Waals surface area contributed by atoms with Gasteiger partial charge in [-0.15, -0.1) is 0 Å². The summed E-state index contributed by atoms with van der Waals surface area (Å²) in [7, 11) is 1.32. The predicted octanol–water partition coefficient (Wildman–Crippen LogP) is 4.09. The molecule has 1 atom stereocenters. The highest BCUT2D eigenvalue weighted by Gasteiger charge is 2.47. The first-order chi connectivity index (χ1) is 18.4. The first-order valence-corrected chi connectivity index (χ1v) is 12.2. The second kappa shape index (κ2) is 9.94. The molecule has 0 saturated heterocycles. The zero-order chi connectivity index (χ0) is 26.9. The number of aryl methyl sites for hydroxylation is 2. The first-order valence-electron chi connectivity index (χ1n) is 12.2. The van der Waals surface area contributed by atoms with Crippen molar-refractivity contribution in [1.29, 1.82) is 0 Å². The van der Waals surface area contributed by atoms with Crippen LogP contribution in [-0.4, -0.2) is 42.8 Å². The van der Waals surface area contributed by atoms with Crippen molar-refractivity contribution in [3.8, 4) is 0 Å². The van der Waals surface area contributed by atoms with Gasteiger partial charge in [0.2, 0.25) is 0 Å². The monoisotopic (exact) mass is 508 g/mol. The normalized spacial score (nSPS) is 17.5. The maximum atomic E-state index is 13.1. The fraction of sp³-hybridized carbons (Fsp3) is 0.233. The number of hydrogen-bond acceptors (Lipinski definition) is 6. The molecule has 0 saturated carbocycles. The molecular formula is C30H24N2O6. The molecule has 2 aliphatic rings. The largest absolute Gasteiger partial charge is 0.465 e. The van der Waals surface area contributed by atoms with E-state index < -0.39 is 11.5 Å². The number of imide groups is 1. The minimum atomic E-state index is -1.21. The number of fused-ring (bicyclic) bond motifs is 3. The predicted molar refractivity (Wildman–Crippen MR) is 136 cm³/mol. The van der Waals surface area contributed by atoms with Crippen LogP contribution in [0.15, 0.2) is 60.7 Å². The topological polar surface area (TPSA) is 94.3 Å². The van der Waals surface area contributed by atoms with E-state index in [-0.39, 0.29) is 31.4 Å². The Morgan fingerprint density at radius 3 is 2.24 bits per heavy atom. The molecule has 0 aromatic heterocycles. The van der Waals surface area contributed by atoms with Crippen LogP contribution in [0.2, 0.25) is 0 Å². The fourth-order valence-electron chi connectivity index (χ4n) is 5.50. The summed E-state index contributed by atoms with van der Waals surface area (Å²) in [6, 6.07) is 17.5. The van der Waals surface area contributed by atoms with Gasteiger partial charge in [0.1, 0.15) is 6.61 Å². The van der Waals surface area contributed by atoms with E-state index in [1.54, 1.807) is 42.5 Å². The van der Waals surface area contributed by atoms with Gasteiger partial charge in [-0.25, -0.2) is 11.4 Å². The van der Waals surface area contributed by atoms with Gasteiger partial charge in [0.05, 0.1) is 30.2 Å². The van der Waals surface area contributed by atoms with E-state index in [1.807, 2.05) is 18.2 Å². The zero-order valence-electron chi connectivity index (χ0n) is 20.7. The molecule has 1 heterocycles. The average molecular weight is 509 g/mol. The third kappa shape index (κ3) is 4.02. The van der Waals surface area contributed by atoms with E-state index in [9.17, 15) is 19.2 Å². The third-order valence-corrected chi connectivity index (χ3v) is 7.34. The van der Waals surface area contributed by atoms with Crippen molar-refractivity contribution in [2.24, 2.45) is 0 Å². The molecule has 1 aliphatic heterocycles. The summed E-state index contributed by atoms with van der Waals surface area (Å²) >= 11 is 0. The van der Waals surface area contributed by atoms with Crippen molar-refractivity contribution < 1.29 is 28.7 Å². The number of carbonyl (C=O) groups is 4. The number of ether oxygens (including phenoxy) is 2. The molecule has 5 rings (SSSR count). The van der Waals surface area contributed by atoms with Crippen molar-refractivity contribution in [1.82, 2.24) is 4.90 Å². The van der Waals surface area contributed by atoms with Crippen molar-refractivity contribution >= 4 is 24.3 Å². The maximum absolute atomic E-state index is 13.1. The lowest BCUT2D eigenvalue weighted by Gasteiger charge is -2.27. The molecule has 0 radical (unpaired) electrons. The lowest BCUT2D eigenvalue weighted by molar-refractivity contribution is -0.129. The maximum Gasteiger partial charge on any atom is 0.337 e. The van der Waals surface area contributed by atoms with Gasteiger partial charge >= 0.3 is 5.97 Å². The van der Waals surface area contributed by atoms with Gasteiger partial charge in [-0.05, 0) is 65.9 Å². The van der Waals surface area contributed by atoms with Crippen molar-refractivity contribution in [2.75, 3.05) is 13.7 Å². The smallest absolute Gasteiger partial charge is 0.337 e. The summed E-state index contributed by atoms with van der Waals surface area (Å²) in [6.45, 7) is 8.96. The Kier molecular flexibility index (Phi) is 6.52. The Balaban J connectivity index is 1.59. The van der Waals surface area contributed by atoms with E-state index in [2.05, 4.69) is 4.85 Å². The minimum Gasteiger partial charge on any atom is -0.465 e. The lowest BCUT2D eigenvalue weighted by atomic mass is 9.77. The molecule has 3 aromatic carbocycles. The van der Waals surface area contributed by atoms with Crippen molar-refractivity contribution in [3.05, 3.63) is 117 Å². The second-order valence-electron chi connectivity index (χ2n) is 9.29. The van der Waals surface area contributed by atoms with E-state index in [0.717, 1.165) is 27.8 Å². The van der Waals surface area contributed by atoms with Gasteiger partial charge in [0.15, 0.2) is 0 Å². The van der Waals surface area contributed by atoms with E-state index in [0.29, 0.717) is 36.0 Å². The summed E-state index contributed by atoms with van der Waals surface area (Å²) < 4.78 is 9.83. The number of hydrogen-bond donors (Lipinski definition) is 0. The summed E-state index contributed by atoms with van der Waals surface area (Å²) in [5.74, 6) is -1.22. The van der Waals surface area contributed by atoms with Crippen LogP contribution in [0.5, 0.6) is 0 Å². The highest BCUT2D eigenvalue weighted by Crippen LogP contribution is 2.44. The molecular weight excluding hydrogens is 484 g/mol. The SMILES string of the molecule is [C-]#[N+]C1(CCN2C(=O)c3ccccc3C2=O)c2ccc(COC=O)cc2CCc2cc(C(=O)OC)ccc21. The van der Waals surface area contributed by atoms with Crippen molar-refractivity contribution in [2.45, 2.75) is 31.4 Å². The molecule has 0 N–H and O–H groups in total. The van der Waals surface area contributed by atoms with Crippen LogP contribution in [0.4, 0.5) is 0 Å². The summed E-state index contributed by atoms with van der Waals surface area (Å²) in [5.41, 5.74) is 3.91. The molecule has 1 aliphatic carbocycles. The standard InChI is InChI=1S/C30H24N2O6/c1-31-30(13-14-32-27(34)23-5-3-4-6-24(23)28(32)35)25-11-7-19(17-38-18-33)15-20(25)8-9-21-16-22(29(36)37-2)10-12-26(21)30/h3-7,10-12,15-16,18H,8-9,13-14,17H2,2H3. The van der Waals surface area contributed by atoms with Gasteiger partial charge in [-0.3, -0.25) is 24.1 Å². The minimum absolute atomic E-state index is 0.0440. The zero-order valence-corrected chi connectivity index (χ0v) is 20.7. The van der Waals surface area contributed by atoms with E-state index in [4.69, 9.17) is 16.0 Å². The molecule has 3 aromatic rings. The lowest BCUT2D eigenvalue weighted by Crippen LogP contribution is -2.36. The molecule has 2 amide bonds. The first kappa shape index (κ1) is 24.9. The number of methoxy groups -OCH3 is 1. The van der Waals surface area contributed by atoms with Gasteiger partial charge < -0.3 is 9.47 Å². The quantitative estimate of drug-likeness (QED) is 0.207. The Morgan fingerprint density at radius 2 is 1.63 bits per heavy atom. The van der Waals surface area contributed by atoms with Gasteiger partial charge in [-0.2, -0.15) is 0 Å². The molecule has 8 nitrogen and oxygen atoms in total. The Labute approximate surface area is 219 Å². The van der Waals surface area contributed by atoms with Gasteiger partial charge in [-0.1, -0.05) is 24.3 Å². The van der Waals surface area contributed by atoms with Gasteiger partial charge in [0.25, 0.3) is 23.8 Å². The van der Waals surface area contributed by atoms with E-state index >= 15 is 0 Å². The van der Waals surface area contributed by atoms with Crippen LogP contribution in [0, 0.1) is 6.57 Å². The number of benzene rings is 3. The summed E-state index contributed by atoms with van der Waals surface area (Å²) in [6.07, 6.45) is 1.32. The molecule has 0 spiro atoms. The van der Waals surface area contributed by atoms with Crippen LogP contribution >= 0.6 is 0 Å². The second-order valence-corrected chi connectivity index (χ2v) is 9.29. The molecule has 38 heavy (non-hydrogen) atoms. The number of esters is 1. The fourth-order valence-corrected chi connectivity index (χ4v) is 5.50. The average Bonchev–Trinajstić information content (AvgIpc) is 3.11. The Morgan fingerprint density at radius 1 is 1.00 bits per heavy atom. The molecule has 8 heteroatoms. The highest BCUT2D eigenvalue weighted by atomic mass is 16.5. The molecule has 190 valence electrons. The molecule has 1 unspecified atom stereocenters. The van der Waals surface area contributed by atoms with E-state index in [1.165, 1.54) is 12.0 Å².